The van der Waals surface area contributed by atoms with Gasteiger partial charge in [0.1, 0.15) is 0 Å². The highest BCUT2D eigenvalue weighted by atomic mass is 16.1. The van der Waals surface area contributed by atoms with Crippen molar-refractivity contribution in [2.45, 2.75) is 26.7 Å². The van der Waals surface area contributed by atoms with E-state index in [1.807, 2.05) is 32.1 Å². The Morgan fingerprint density at radius 3 is 2.86 bits per heavy atom. The van der Waals surface area contributed by atoms with E-state index in [2.05, 4.69) is 12.2 Å². The molecular weight excluding hydrogens is 274 g/mol. The SMILES string of the molecule is CC1=c2c(c(C)c3cccn3c2=O)C(=O)CCC2C=CC=C12. The fourth-order valence-corrected chi connectivity index (χ4v) is 3.83. The molecule has 1 atom stereocenters. The summed E-state index contributed by atoms with van der Waals surface area (Å²) in [5.74, 6) is 0.351. The van der Waals surface area contributed by atoms with Crippen molar-refractivity contribution in [3.63, 3.8) is 0 Å². The number of allylic oxidation sites excluding steroid dienone is 4. The van der Waals surface area contributed by atoms with Crippen LogP contribution < -0.4 is 10.8 Å². The second-order valence-electron chi connectivity index (χ2n) is 6.14. The van der Waals surface area contributed by atoms with E-state index >= 15 is 0 Å². The van der Waals surface area contributed by atoms with Crippen LogP contribution in [0.3, 0.4) is 0 Å². The van der Waals surface area contributed by atoms with E-state index in [1.165, 1.54) is 5.57 Å². The lowest BCUT2D eigenvalue weighted by molar-refractivity contribution is 0.0975. The minimum atomic E-state index is -0.0834. The molecular formula is C19H17NO2. The molecule has 1 unspecified atom stereocenters. The van der Waals surface area contributed by atoms with Gasteiger partial charge in [-0.05, 0) is 49.1 Å². The summed E-state index contributed by atoms with van der Waals surface area (Å²) < 4.78 is 1.66. The maximum absolute atomic E-state index is 12.9. The first-order chi connectivity index (χ1) is 10.6. The number of fused-ring (bicyclic) bond motifs is 3. The Hall–Kier alpha value is -2.42. The highest BCUT2D eigenvalue weighted by Gasteiger charge is 2.26. The summed E-state index contributed by atoms with van der Waals surface area (Å²) in [4.78, 5) is 25.7. The van der Waals surface area contributed by atoms with Crippen LogP contribution >= 0.6 is 0 Å². The minimum Gasteiger partial charge on any atom is -0.294 e. The lowest BCUT2D eigenvalue weighted by Crippen LogP contribution is -2.39. The van der Waals surface area contributed by atoms with Gasteiger partial charge in [0.2, 0.25) is 0 Å². The molecule has 110 valence electrons. The van der Waals surface area contributed by atoms with Crippen LogP contribution in [0.15, 0.2) is 46.9 Å². The van der Waals surface area contributed by atoms with Crippen molar-refractivity contribution in [2.75, 3.05) is 0 Å². The van der Waals surface area contributed by atoms with Gasteiger partial charge in [-0.2, -0.15) is 0 Å². The Morgan fingerprint density at radius 2 is 2.05 bits per heavy atom. The second-order valence-corrected chi connectivity index (χ2v) is 6.14. The van der Waals surface area contributed by atoms with Crippen molar-refractivity contribution in [1.82, 2.24) is 4.40 Å². The molecule has 3 nitrogen and oxygen atoms in total. The van der Waals surface area contributed by atoms with Crippen LogP contribution in [0.2, 0.25) is 0 Å². The molecule has 0 radical (unpaired) electrons. The smallest absolute Gasteiger partial charge is 0.263 e. The number of hydrogen-bond donors (Lipinski definition) is 0. The number of nitrogens with zero attached hydrogens (tertiary/aromatic N) is 1. The monoisotopic (exact) mass is 291 g/mol. The Labute approximate surface area is 128 Å². The Morgan fingerprint density at radius 1 is 1.23 bits per heavy atom. The molecule has 2 heterocycles. The highest BCUT2D eigenvalue weighted by Crippen LogP contribution is 2.32. The van der Waals surface area contributed by atoms with E-state index < -0.39 is 0 Å². The Balaban J connectivity index is 2.25. The molecule has 2 aromatic heterocycles. The zero-order valence-corrected chi connectivity index (χ0v) is 12.7. The maximum atomic E-state index is 12.9. The fraction of sp³-hybridized carbons (Fsp3) is 0.263. The van der Waals surface area contributed by atoms with Crippen LogP contribution in [-0.4, -0.2) is 10.2 Å². The topological polar surface area (TPSA) is 38.5 Å². The number of aromatic nitrogens is 1. The number of aryl methyl sites for hydroxylation is 1. The van der Waals surface area contributed by atoms with Crippen LogP contribution in [0.25, 0.3) is 11.1 Å². The van der Waals surface area contributed by atoms with Crippen molar-refractivity contribution in [2.24, 2.45) is 5.92 Å². The van der Waals surface area contributed by atoms with Crippen LogP contribution in [0, 0.1) is 12.8 Å². The molecule has 0 saturated heterocycles. The van der Waals surface area contributed by atoms with Gasteiger partial charge in [-0.15, -0.1) is 0 Å². The molecule has 2 aliphatic carbocycles. The number of ketones is 1. The van der Waals surface area contributed by atoms with E-state index in [-0.39, 0.29) is 17.3 Å². The van der Waals surface area contributed by atoms with Gasteiger partial charge in [0.05, 0.1) is 10.7 Å². The van der Waals surface area contributed by atoms with E-state index in [1.54, 1.807) is 10.6 Å². The number of pyridine rings is 1. The molecule has 0 spiro atoms. The van der Waals surface area contributed by atoms with Crippen molar-refractivity contribution in [3.8, 4) is 0 Å². The van der Waals surface area contributed by atoms with Crippen molar-refractivity contribution in [3.05, 3.63) is 68.8 Å². The molecule has 2 aromatic rings. The summed E-state index contributed by atoms with van der Waals surface area (Å²) in [5, 5.41) is 0.589. The lowest BCUT2D eigenvalue weighted by Gasteiger charge is -2.19. The number of carbonyl (C=O) groups is 1. The third-order valence-corrected chi connectivity index (χ3v) is 4.98. The highest BCUT2D eigenvalue weighted by molar-refractivity contribution is 6.00. The maximum Gasteiger partial charge on any atom is 0.263 e. The molecule has 0 fully saturated rings. The normalized spacial score (nSPS) is 20.6. The van der Waals surface area contributed by atoms with Crippen LogP contribution in [0.1, 0.15) is 35.7 Å². The van der Waals surface area contributed by atoms with Gasteiger partial charge in [-0.3, -0.25) is 14.0 Å². The molecule has 3 heteroatoms. The number of Topliss-reactive ketones (excluding diaryl/α,β-unsaturated/α-hetero) is 1. The van der Waals surface area contributed by atoms with Crippen molar-refractivity contribution >= 4 is 16.9 Å². The lowest BCUT2D eigenvalue weighted by atomic mass is 9.84. The summed E-state index contributed by atoms with van der Waals surface area (Å²) in [7, 11) is 0. The first kappa shape index (κ1) is 13.3. The van der Waals surface area contributed by atoms with Gasteiger partial charge in [-0.1, -0.05) is 18.2 Å². The first-order valence-corrected chi connectivity index (χ1v) is 7.66. The average molecular weight is 291 g/mol. The first-order valence-electron chi connectivity index (χ1n) is 7.66. The van der Waals surface area contributed by atoms with Crippen LogP contribution in [0.4, 0.5) is 0 Å². The van der Waals surface area contributed by atoms with Crippen molar-refractivity contribution in [1.29, 1.82) is 0 Å². The number of hydrogen-bond acceptors (Lipinski definition) is 2. The number of carbonyl (C=O) groups excluding carboxylic acids is 1. The molecule has 0 amide bonds. The predicted molar refractivity (Wildman–Crippen MR) is 87.0 cm³/mol. The summed E-state index contributed by atoms with van der Waals surface area (Å²) in [6.45, 7) is 3.92. The summed E-state index contributed by atoms with van der Waals surface area (Å²) in [6.07, 6.45) is 9.32. The molecule has 4 rings (SSSR count). The largest absolute Gasteiger partial charge is 0.294 e. The standard InChI is InChI=1S/C19H17NO2/c1-11-14-6-3-5-13(14)8-9-16(21)17-12(2)15-7-4-10-20(15)19(22)18(11)17/h3-7,10,13H,8-9H2,1-2H3. The third kappa shape index (κ3) is 1.62. The van der Waals surface area contributed by atoms with E-state index in [0.717, 1.165) is 23.1 Å². The Bertz CT molecular complexity index is 989. The average Bonchev–Trinajstić information content (AvgIpc) is 3.14. The van der Waals surface area contributed by atoms with E-state index in [9.17, 15) is 9.59 Å². The molecule has 0 aliphatic heterocycles. The molecule has 0 aromatic carbocycles. The molecule has 0 bridgehead atoms. The third-order valence-electron chi connectivity index (χ3n) is 4.98. The zero-order chi connectivity index (χ0) is 15.4. The minimum absolute atomic E-state index is 0.0834. The van der Waals surface area contributed by atoms with E-state index in [4.69, 9.17) is 0 Å². The second kappa shape index (κ2) is 4.54. The molecule has 0 saturated carbocycles. The summed E-state index contributed by atoms with van der Waals surface area (Å²) in [6, 6.07) is 3.76. The summed E-state index contributed by atoms with van der Waals surface area (Å²) in [5.41, 5.74) is 4.41. The quantitative estimate of drug-likeness (QED) is 0.748. The molecule has 0 N–H and O–H groups in total. The van der Waals surface area contributed by atoms with Crippen LogP contribution in [0.5, 0.6) is 0 Å². The van der Waals surface area contributed by atoms with E-state index in [0.29, 0.717) is 17.2 Å². The van der Waals surface area contributed by atoms with Gasteiger partial charge in [0.15, 0.2) is 5.78 Å². The van der Waals surface area contributed by atoms with Gasteiger partial charge in [0.25, 0.3) is 5.56 Å². The van der Waals surface area contributed by atoms with Crippen LogP contribution in [-0.2, 0) is 0 Å². The predicted octanol–water partition coefficient (Wildman–Crippen LogP) is 2.59. The fourth-order valence-electron chi connectivity index (χ4n) is 3.83. The van der Waals surface area contributed by atoms with Crippen molar-refractivity contribution < 1.29 is 4.79 Å². The van der Waals surface area contributed by atoms with Gasteiger partial charge < -0.3 is 0 Å². The van der Waals surface area contributed by atoms with Gasteiger partial charge in [0, 0.05) is 24.1 Å². The van der Waals surface area contributed by atoms with Gasteiger partial charge >= 0.3 is 0 Å². The molecule has 22 heavy (non-hydrogen) atoms. The molecule has 2 aliphatic rings. The van der Waals surface area contributed by atoms with Gasteiger partial charge in [-0.25, -0.2) is 0 Å². The zero-order valence-electron chi connectivity index (χ0n) is 12.7. The Kier molecular flexibility index (Phi) is 2.73. The summed E-state index contributed by atoms with van der Waals surface area (Å²) >= 11 is 0. The number of rotatable bonds is 0.